The van der Waals surface area contributed by atoms with Crippen LogP contribution in [0.15, 0.2) is 145 Å². The number of fused-ring (bicyclic) bond motifs is 3. The number of cyclic esters (lactones) is 1. The number of methoxy groups -OCH3 is 1. The highest BCUT2D eigenvalue weighted by atomic mass is 16.6. The van der Waals surface area contributed by atoms with Crippen LogP contribution in [0.2, 0.25) is 0 Å². The zero-order chi connectivity index (χ0) is 45.1. The average Bonchev–Trinajstić information content (AvgIpc) is 3.80. The van der Waals surface area contributed by atoms with Crippen LogP contribution in [-0.2, 0) is 34.0 Å². The summed E-state index contributed by atoms with van der Waals surface area (Å²) in [6.45, 7) is -0.374. The molecule has 2 fully saturated rings. The Balaban J connectivity index is 1.32. The van der Waals surface area contributed by atoms with E-state index in [0.717, 1.165) is 41.7 Å². The molecule has 65 heavy (non-hydrogen) atoms. The molecule has 5 aromatic carbocycles. The molecule has 3 heterocycles. The predicted molar refractivity (Wildman–Crippen MR) is 241 cm³/mol. The van der Waals surface area contributed by atoms with Gasteiger partial charge in [0.1, 0.15) is 29.9 Å². The lowest BCUT2D eigenvalue weighted by molar-refractivity contribution is -0.178. The molecular weight excluding hydrogens is 823 g/mol. The van der Waals surface area contributed by atoms with Gasteiger partial charge in [0.05, 0.1) is 36.4 Å². The van der Waals surface area contributed by atoms with Gasteiger partial charge in [-0.1, -0.05) is 121 Å². The third kappa shape index (κ3) is 7.97. The van der Waals surface area contributed by atoms with Gasteiger partial charge in [-0.2, -0.15) is 0 Å². The Bertz CT molecular complexity index is 2660. The number of carbonyl (C=O) groups is 4. The molecule has 0 unspecified atom stereocenters. The van der Waals surface area contributed by atoms with Gasteiger partial charge in [0.15, 0.2) is 0 Å². The highest BCUT2D eigenvalue weighted by Gasteiger charge is 2.75. The number of nitrogens with zero attached hydrogens (tertiary/aromatic N) is 2. The molecule has 12 heteroatoms. The predicted octanol–water partition coefficient (Wildman–Crippen LogP) is 7.54. The van der Waals surface area contributed by atoms with Gasteiger partial charge >= 0.3 is 12.1 Å². The van der Waals surface area contributed by atoms with E-state index in [1.807, 2.05) is 71.6 Å². The molecule has 1 aliphatic carbocycles. The van der Waals surface area contributed by atoms with E-state index in [9.17, 15) is 15.0 Å². The first kappa shape index (κ1) is 43.2. The van der Waals surface area contributed by atoms with Gasteiger partial charge < -0.3 is 29.7 Å². The van der Waals surface area contributed by atoms with Gasteiger partial charge in [-0.25, -0.2) is 9.69 Å². The number of imide groups is 1. The van der Waals surface area contributed by atoms with Crippen molar-refractivity contribution in [2.24, 2.45) is 5.92 Å². The Labute approximate surface area is 377 Å². The van der Waals surface area contributed by atoms with E-state index < -0.39 is 65.5 Å². The van der Waals surface area contributed by atoms with Gasteiger partial charge in [-0.05, 0) is 89.4 Å². The first-order chi connectivity index (χ1) is 31.7. The molecule has 12 nitrogen and oxygen atoms in total. The van der Waals surface area contributed by atoms with Gasteiger partial charge in [-0.15, -0.1) is 0 Å². The number of benzene rings is 5. The van der Waals surface area contributed by atoms with Crippen molar-refractivity contribution in [3.63, 3.8) is 0 Å². The summed E-state index contributed by atoms with van der Waals surface area (Å²) >= 11 is 0. The number of aliphatic hydroxyl groups excluding tert-OH is 1. The van der Waals surface area contributed by atoms with Crippen molar-refractivity contribution in [2.75, 3.05) is 31.8 Å². The lowest BCUT2D eigenvalue weighted by Crippen LogP contribution is -2.56. The van der Waals surface area contributed by atoms with Gasteiger partial charge in [0, 0.05) is 19.2 Å². The highest BCUT2D eigenvalue weighted by molar-refractivity contribution is 6.23. The number of amides is 3. The first-order valence-electron chi connectivity index (χ1n) is 22.0. The van der Waals surface area contributed by atoms with Crippen LogP contribution in [-0.4, -0.2) is 71.9 Å². The number of ether oxygens (including phenoxy) is 3. The third-order valence-electron chi connectivity index (χ3n) is 13.0. The number of hydrogen-bond acceptors (Lipinski definition) is 10. The van der Waals surface area contributed by atoms with E-state index >= 15 is 14.4 Å². The first-order valence-corrected chi connectivity index (χ1v) is 22.0. The van der Waals surface area contributed by atoms with E-state index in [0.29, 0.717) is 22.3 Å². The minimum atomic E-state index is -2.06. The summed E-state index contributed by atoms with van der Waals surface area (Å²) in [4.78, 5) is 64.3. The van der Waals surface area contributed by atoms with E-state index in [-0.39, 0.29) is 36.8 Å². The molecule has 3 amide bonds. The minimum absolute atomic E-state index is 0.0440. The summed E-state index contributed by atoms with van der Waals surface area (Å²) in [5.41, 5.74) is 2.35. The fraction of sp³-hybridized carbons (Fsp3) is 0.283. The maximum Gasteiger partial charge on any atom is 0.421 e. The van der Waals surface area contributed by atoms with Crippen LogP contribution in [0, 0.1) is 17.8 Å². The summed E-state index contributed by atoms with van der Waals surface area (Å²) in [5.74, 6) is 2.71. The number of anilines is 1. The Morgan fingerprint density at radius 1 is 0.831 bits per heavy atom. The Hall–Kier alpha value is -7.04. The van der Waals surface area contributed by atoms with Gasteiger partial charge in [0.2, 0.25) is 11.8 Å². The minimum Gasteiger partial charge on any atom is -0.508 e. The van der Waals surface area contributed by atoms with Gasteiger partial charge in [0.25, 0.3) is 0 Å². The zero-order valence-electron chi connectivity index (χ0n) is 35.8. The van der Waals surface area contributed by atoms with Crippen molar-refractivity contribution in [3.8, 4) is 17.6 Å². The molecule has 1 spiro atoms. The summed E-state index contributed by atoms with van der Waals surface area (Å²) in [6.07, 6.45) is 2.94. The molecule has 9 rings (SSSR count). The van der Waals surface area contributed by atoms with Crippen LogP contribution >= 0.6 is 0 Å². The van der Waals surface area contributed by atoms with Crippen LogP contribution in [0.3, 0.4) is 0 Å². The van der Waals surface area contributed by atoms with Crippen LogP contribution in [0.1, 0.15) is 83.4 Å². The monoisotopic (exact) mass is 871 g/mol. The number of rotatable bonds is 10. The lowest BCUT2D eigenvalue weighted by Gasteiger charge is -2.46. The molecule has 3 N–H and O–H groups in total. The Kier molecular flexibility index (Phi) is 12.4. The molecule has 4 aliphatic rings. The number of hydrogen-bond donors (Lipinski definition) is 3. The maximum absolute atomic E-state index is 16.2. The standard InChI is InChI=1S/C53H49N3O9/c1-63-30-31-64-52(62)55-42-29-24-35(23-22-34-14-6-2-7-15-34)32-41(42)53(51(55)61)44(49(59)54-33-43(58)36-16-8-3-9-17-36)46-50(60)65-47(38-20-12-5-13-21-38)45(37-18-10-4-11-19-37)56(46)48(53)39-25-27-40(57)28-26-39/h3-5,8-14,16-21,24-29,32,43-48,57-58H,2,6-7,15,30-31,33H2,1H3,(H,54,59)/t43-,44+,45+,46+,47-,48-,53+/m0/s1. The van der Waals surface area contributed by atoms with E-state index in [4.69, 9.17) is 14.2 Å². The number of phenolic OH excluding ortho intramolecular Hbond substituents is 1. The summed E-state index contributed by atoms with van der Waals surface area (Å²) in [7, 11) is 1.46. The van der Waals surface area contributed by atoms with Crippen molar-refractivity contribution in [1.29, 1.82) is 0 Å². The number of allylic oxidation sites excluding steroid dienone is 2. The topological polar surface area (TPSA) is 155 Å². The van der Waals surface area contributed by atoms with E-state index in [1.54, 1.807) is 54.6 Å². The molecule has 2 saturated heterocycles. The molecule has 7 atom stereocenters. The molecule has 0 aromatic heterocycles. The molecular formula is C53H49N3O9. The molecule has 0 saturated carbocycles. The molecule has 3 aliphatic heterocycles. The average molecular weight is 872 g/mol. The fourth-order valence-electron chi connectivity index (χ4n) is 10.1. The zero-order valence-corrected chi connectivity index (χ0v) is 35.8. The summed E-state index contributed by atoms with van der Waals surface area (Å²) in [5, 5.41) is 25.0. The number of phenols is 1. The second kappa shape index (κ2) is 18.6. The number of carbonyl (C=O) groups excluding carboxylic acids is 4. The normalized spacial score (nSPS) is 23.9. The molecule has 0 bridgehead atoms. The quantitative estimate of drug-likeness (QED) is 0.0729. The van der Waals surface area contributed by atoms with Crippen LogP contribution in [0.25, 0.3) is 0 Å². The lowest BCUT2D eigenvalue weighted by atomic mass is 9.65. The Morgan fingerprint density at radius 3 is 2.20 bits per heavy atom. The number of esters is 1. The number of aliphatic hydroxyl groups is 1. The largest absolute Gasteiger partial charge is 0.508 e. The van der Waals surface area contributed by atoms with Crippen LogP contribution in [0.5, 0.6) is 5.75 Å². The number of aromatic hydroxyl groups is 1. The third-order valence-corrected chi connectivity index (χ3v) is 13.0. The highest BCUT2D eigenvalue weighted by Crippen LogP contribution is 2.66. The van der Waals surface area contributed by atoms with Crippen molar-refractivity contribution in [2.45, 2.75) is 61.4 Å². The smallest absolute Gasteiger partial charge is 0.421 e. The number of morpholine rings is 1. The van der Waals surface area contributed by atoms with Crippen molar-refractivity contribution in [3.05, 3.63) is 178 Å². The second-order valence-electron chi connectivity index (χ2n) is 16.7. The van der Waals surface area contributed by atoms with E-state index in [2.05, 4.69) is 23.2 Å². The maximum atomic E-state index is 16.2. The summed E-state index contributed by atoms with van der Waals surface area (Å²) in [6, 6.07) is 35.6. The van der Waals surface area contributed by atoms with Crippen molar-refractivity contribution >= 4 is 29.6 Å². The molecule has 5 aromatic rings. The van der Waals surface area contributed by atoms with E-state index in [1.165, 1.54) is 19.2 Å². The molecule has 330 valence electrons. The van der Waals surface area contributed by atoms with Crippen LogP contribution < -0.4 is 10.2 Å². The van der Waals surface area contributed by atoms with Crippen LogP contribution in [0.4, 0.5) is 10.5 Å². The number of nitrogens with one attached hydrogen (secondary N) is 1. The van der Waals surface area contributed by atoms with Gasteiger partial charge in [-0.3, -0.25) is 19.3 Å². The summed E-state index contributed by atoms with van der Waals surface area (Å²) < 4.78 is 17.4. The van der Waals surface area contributed by atoms with Crippen molar-refractivity contribution < 1.29 is 43.6 Å². The SMILES string of the molecule is COCCOC(=O)N1C(=O)[C@@]2(c3cc(C#CC4=CCCCC4)ccc31)[C@H](c1ccc(O)cc1)N1[C@H](c3ccccc3)[C@H](c3ccccc3)OC(=O)[C@H]1[C@@H]2C(=O)NC[C@H](O)c1ccccc1. The fourth-order valence-corrected chi connectivity index (χ4v) is 10.1. The second-order valence-corrected chi connectivity index (χ2v) is 16.7. The Morgan fingerprint density at radius 2 is 1.52 bits per heavy atom. The molecule has 0 radical (unpaired) electrons. The van der Waals surface area contributed by atoms with Crippen molar-refractivity contribution in [1.82, 2.24) is 10.2 Å².